The van der Waals surface area contributed by atoms with Crippen molar-refractivity contribution in [2.45, 2.75) is 58.2 Å². The van der Waals surface area contributed by atoms with Crippen LogP contribution in [0.3, 0.4) is 0 Å². The second-order valence-electron chi connectivity index (χ2n) is 10.8. The summed E-state index contributed by atoms with van der Waals surface area (Å²) in [6, 6.07) is 16.2. The number of carbonyl (C=O) groups is 3. The van der Waals surface area contributed by atoms with Crippen LogP contribution in [0.15, 0.2) is 66.7 Å². The van der Waals surface area contributed by atoms with E-state index in [1.807, 2.05) is 32.0 Å². The van der Waals surface area contributed by atoms with E-state index in [1.54, 1.807) is 12.1 Å². The molecular weight excluding hydrogens is 547 g/mol. The molecule has 0 radical (unpaired) electrons. The molecule has 0 bridgehead atoms. The van der Waals surface area contributed by atoms with Crippen LogP contribution in [-0.4, -0.2) is 29.1 Å². The largest absolute Gasteiger partial charge is 0.480 e. The molecule has 3 amide bonds. The minimum atomic E-state index is -4.50. The van der Waals surface area contributed by atoms with E-state index in [0.29, 0.717) is 12.1 Å². The van der Waals surface area contributed by atoms with Gasteiger partial charge in [-0.1, -0.05) is 56.7 Å². The van der Waals surface area contributed by atoms with E-state index in [1.165, 1.54) is 23.3 Å². The highest BCUT2D eigenvalue weighted by atomic mass is 19.4. The molecule has 3 aromatic rings. The number of carbonyl (C=O) groups excluding carboxylic acids is 2. The molecule has 0 heterocycles. The van der Waals surface area contributed by atoms with Crippen LogP contribution in [0.2, 0.25) is 0 Å². The van der Waals surface area contributed by atoms with Gasteiger partial charge in [-0.15, -0.1) is 0 Å². The second kappa shape index (κ2) is 13.1. The maximum atomic E-state index is 12.9. The molecule has 222 valence electrons. The number of alkyl halides is 3. The smallest absolute Gasteiger partial charge is 0.416 e. The predicted molar refractivity (Wildman–Crippen MR) is 155 cm³/mol. The fourth-order valence-electron chi connectivity index (χ4n) is 5.17. The fraction of sp³-hybridized carbons (Fsp3) is 0.344. The quantitative estimate of drug-likeness (QED) is 0.216. The highest BCUT2D eigenvalue weighted by molar-refractivity contribution is 6.00. The Kier molecular flexibility index (Phi) is 9.55. The molecule has 1 aliphatic carbocycles. The van der Waals surface area contributed by atoms with E-state index in [2.05, 4.69) is 28.1 Å². The van der Waals surface area contributed by atoms with Crippen molar-refractivity contribution in [1.82, 2.24) is 5.32 Å². The summed E-state index contributed by atoms with van der Waals surface area (Å²) < 4.78 is 38.8. The number of carboxylic acid groups (broad SMARTS) is 1. The average Bonchev–Trinajstić information content (AvgIpc) is 2.95. The average molecular weight is 582 g/mol. The molecule has 0 aliphatic heterocycles. The number of nitrogens with one attached hydrogen (secondary N) is 3. The molecule has 0 saturated heterocycles. The zero-order chi connectivity index (χ0) is 30.4. The molecule has 0 saturated carbocycles. The van der Waals surface area contributed by atoms with Gasteiger partial charge in [0.15, 0.2) is 0 Å². The van der Waals surface area contributed by atoms with Gasteiger partial charge < -0.3 is 21.1 Å². The predicted octanol–water partition coefficient (Wildman–Crippen LogP) is 7.13. The molecule has 7 nitrogen and oxygen atoms in total. The minimum Gasteiger partial charge on any atom is -0.480 e. The first kappa shape index (κ1) is 30.6. The summed E-state index contributed by atoms with van der Waals surface area (Å²) in [4.78, 5) is 36.5. The fourth-order valence-corrected chi connectivity index (χ4v) is 5.17. The topological polar surface area (TPSA) is 108 Å². The Hall–Kier alpha value is -4.34. The summed E-state index contributed by atoms with van der Waals surface area (Å²) in [5.41, 5.74) is 3.99. The first-order valence-electron chi connectivity index (χ1n) is 13.9. The van der Waals surface area contributed by atoms with Crippen LogP contribution in [-0.2, 0) is 28.6 Å². The Morgan fingerprint density at radius 3 is 2.29 bits per heavy atom. The third-order valence-electron chi connectivity index (χ3n) is 7.73. The molecular formula is C32H34F3N3O4. The summed E-state index contributed by atoms with van der Waals surface area (Å²) in [5, 5.41) is 17.2. The number of carboxylic acids is 1. The molecule has 3 aromatic carbocycles. The van der Waals surface area contributed by atoms with Gasteiger partial charge in [-0.2, -0.15) is 13.2 Å². The Morgan fingerprint density at radius 1 is 0.929 bits per heavy atom. The van der Waals surface area contributed by atoms with Crippen molar-refractivity contribution in [3.63, 3.8) is 0 Å². The number of urea groups is 1. The van der Waals surface area contributed by atoms with E-state index in [9.17, 15) is 32.7 Å². The SMILES string of the molecule is CCC(C)C(NC(=O)CC1CCc2cc(-c3ccc(NC(=O)Nc4cccc(C(F)(F)F)c4)cc3)ccc2C1)C(=O)O. The third-order valence-corrected chi connectivity index (χ3v) is 7.73. The number of benzene rings is 3. The second-order valence-corrected chi connectivity index (χ2v) is 10.8. The van der Waals surface area contributed by atoms with Crippen molar-refractivity contribution in [2.75, 3.05) is 10.6 Å². The van der Waals surface area contributed by atoms with Crippen molar-refractivity contribution < 1.29 is 32.7 Å². The van der Waals surface area contributed by atoms with Crippen LogP contribution in [0, 0.1) is 11.8 Å². The highest BCUT2D eigenvalue weighted by Crippen LogP contribution is 2.32. The lowest BCUT2D eigenvalue weighted by Crippen LogP contribution is -2.45. The van der Waals surface area contributed by atoms with E-state index < -0.39 is 29.8 Å². The van der Waals surface area contributed by atoms with Crippen LogP contribution >= 0.6 is 0 Å². The Labute approximate surface area is 242 Å². The van der Waals surface area contributed by atoms with E-state index in [4.69, 9.17) is 0 Å². The maximum Gasteiger partial charge on any atom is 0.416 e. The molecule has 0 spiro atoms. The molecule has 10 heteroatoms. The van der Waals surface area contributed by atoms with E-state index in [0.717, 1.165) is 42.5 Å². The van der Waals surface area contributed by atoms with Crippen LogP contribution in [0.5, 0.6) is 0 Å². The van der Waals surface area contributed by atoms with Gasteiger partial charge in [0.25, 0.3) is 0 Å². The summed E-state index contributed by atoms with van der Waals surface area (Å²) in [7, 11) is 0. The van der Waals surface area contributed by atoms with Gasteiger partial charge in [-0.3, -0.25) is 4.79 Å². The number of fused-ring (bicyclic) bond motifs is 1. The number of amides is 3. The monoisotopic (exact) mass is 581 g/mol. The van der Waals surface area contributed by atoms with Gasteiger partial charge >= 0.3 is 18.2 Å². The number of hydrogen-bond acceptors (Lipinski definition) is 3. The zero-order valence-corrected chi connectivity index (χ0v) is 23.4. The number of anilines is 2. The summed E-state index contributed by atoms with van der Waals surface area (Å²) in [6.45, 7) is 3.72. The van der Waals surface area contributed by atoms with Crippen molar-refractivity contribution >= 4 is 29.3 Å². The Balaban J connectivity index is 1.33. The first-order valence-corrected chi connectivity index (χ1v) is 13.9. The zero-order valence-electron chi connectivity index (χ0n) is 23.4. The van der Waals surface area contributed by atoms with Gasteiger partial charge in [0, 0.05) is 17.8 Å². The van der Waals surface area contributed by atoms with Crippen molar-refractivity contribution in [1.29, 1.82) is 0 Å². The normalized spacial score (nSPS) is 16.1. The molecule has 0 fully saturated rings. The Morgan fingerprint density at radius 2 is 1.62 bits per heavy atom. The molecule has 42 heavy (non-hydrogen) atoms. The summed E-state index contributed by atoms with van der Waals surface area (Å²) >= 11 is 0. The standard InChI is InChI=1S/C32H34F3N3O4/c1-3-19(2)29(30(40)41)38-28(39)16-20-7-8-24-17-23(10-9-22(24)15-20)21-11-13-26(14-12-21)36-31(42)37-27-6-4-5-25(18-27)32(33,34)35/h4-6,9-14,17-20,29H,3,7-8,15-16H2,1-2H3,(H,38,39)(H,40,41)(H2,36,37,42). The molecule has 1 aliphatic rings. The number of aryl methyl sites for hydroxylation is 1. The summed E-state index contributed by atoms with van der Waals surface area (Å²) in [6.07, 6.45) is -1.17. The maximum absolute atomic E-state index is 12.9. The number of rotatable bonds is 9. The van der Waals surface area contributed by atoms with Gasteiger partial charge in [-0.25, -0.2) is 9.59 Å². The minimum absolute atomic E-state index is 0.0337. The lowest BCUT2D eigenvalue weighted by molar-refractivity contribution is -0.143. The first-order chi connectivity index (χ1) is 19.9. The third kappa shape index (κ3) is 7.90. The molecule has 4 rings (SSSR count). The van der Waals surface area contributed by atoms with Crippen LogP contribution < -0.4 is 16.0 Å². The van der Waals surface area contributed by atoms with Gasteiger partial charge in [-0.05, 0) is 83.7 Å². The van der Waals surface area contributed by atoms with Crippen LogP contribution in [0.1, 0.15) is 49.8 Å². The van der Waals surface area contributed by atoms with Gasteiger partial charge in [0.2, 0.25) is 5.91 Å². The van der Waals surface area contributed by atoms with Crippen molar-refractivity contribution in [2.24, 2.45) is 11.8 Å². The number of halogens is 3. The van der Waals surface area contributed by atoms with Crippen molar-refractivity contribution in [3.05, 3.63) is 83.4 Å². The number of aliphatic carboxylic acids is 1. The van der Waals surface area contributed by atoms with Crippen LogP contribution in [0.25, 0.3) is 11.1 Å². The van der Waals surface area contributed by atoms with Crippen molar-refractivity contribution in [3.8, 4) is 11.1 Å². The summed E-state index contributed by atoms with van der Waals surface area (Å²) in [5.74, 6) is -1.25. The van der Waals surface area contributed by atoms with Gasteiger partial charge in [0.1, 0.15) is 6.04 Å². The van der Waals surface area contributed by atoms with E-state index in [-0.39, 0.29) is 29.9 Å². The molecule has 4 N–H and O–H groups in total. The molecule has 3 atom stereocenters. The molecule has 0 aromatic heterocycles. The Bertz CT molecular complexity index is 1440. The van der Waals surface area contributed by atoms with E-state index >= 15 is 0 Å². The lowest BCUT2D eigenvalue weighted by Gasteiger charge is -2.26. The lowest BCUT2D eigenvalue weighted by atomic mass is 9.81. The number of hydrogen-bond donors (Lipinski definition) is 4. The van der Waals surface area contributed by atoms with Gasteiger partial charge in [0.05, 0.1) is 5.56 Å². The molecule has 3 unspecified atom stereocenters. The van der Waals surface area contributed by atoms with Crippen LogP contribution in [0.4, 0.5) is 29.3 Å². The highest BCUT2D eigenvalue weighted by Gasteiger charge is 2.30.